The second-order valence-electron chi connectivity index (χ2n) is 4.66. The molecule has 0 bridgehead atoms. The number of aromatic amines is 1. The first kappa shape index (κ1) is 15.5. The van der Waals surface area contributed by atoms with Gasteiger partial charge in [0.1, 0.15) is 0 Å². The molecule has 0 aliphatic heterocycles. The standard InChI is InChI=1S/C13H16N2O5S/c1-21(18,19)20-9-5-4-8-15-11-7-3-2-6-10(11)12(16)14-13(15)17/h2-3,6-7H,4-5,8-9H2,1H3,(H,14,16,17). The van der Waals surface area contributed by atoms with E-state index in [0.717, 1.165) is 6.26 Å². The molecule has 114 valence electrons. The first-order valence-electron chi connectivity index (χ1n) is 6.45. The molecule has 2 aromatic rings. The van der Waals surface area contributed by atoms with Gasteiger partial charge in [0, 0.05) is 6.54 Å². The molecule has 0 fully saturated rings. The summed E-state index contributed by atoms with van der Waals surface area (Å²) in [4.78, 5) is 25.8. The quantitative estimate of drug-likeness (QED) is 0.616. The van der Waals surface area contributed by atoms with Crippen LogP contribution in [-0.4, -0.2) is 30.8 Å². The number of aryl methyl sites for hydroxylation is 1. The van der Waals surface area contributed by atoms with E-state index < -0.39 is 21.4 Å². The van der Waals surface area contributed by atoms with Crippen molar-refractivity contribution < 1.29 is 12.6 Å². The van der Waals surface area contributed by atoms with Gasteiger partial charge in [0.15, 0.2) is 0 Å². The normalized spacial score (nSPS) is 11.9. The monoisotopic (exact) mass is 312 g/mol. The van der Waals surface area contributed by atoms with Gasteiger partial charge in [0.2, 0.25) is 0 Å². The van der Waals surface area contributed by atoms with E-state index in [9.17, 15) is 18.0 Å². The maximum absolute atomic E-state index is 11.9. The summed E-state index contributed by atoms with van der Waals surface area (Å²) in [7, 11) is -3.43. The molecule has 1 N–H and O–H groups in total. The van der Waals surface area contributed by atoms with Crippen LogP contribution in [0.4, 0.5) is 0 Å². The summed E-state index contributed by atoms with van der Waals surface area (Å²) < 4.78 is 27.7. The Hall–Kier alpha value is -1.93. The number of nitrogens with one attached hydrogen (secondary N) is 1. The Labute approximate surface area is 121 Å². The second kappa shape index (κ2) is 6.23. The molecule has 0 saturated heterocycles. The number of nitrogens with zero attached hydrogens (tertiary/aromatic N) is 1. The molecule has 8 heteroatoms. The summed E-state index contributed by atoms with van der Waals surface area (Å²) >= 11 is 0. The fourth-order valence-electron chi connectivity index (χ4n) is 2.05. The molecular weight excluding hydrogens is 296 g/mol. The molecule has 0 spiro atoms. The van der Waals surface area contributed by atoms with Gasteiger partial charge in [-0.1, -0.05) is 12.1 Å². The van der Waals surface area contributed by atoms with Crippen LogP contribution < -0.4 is 11.2 Å². The lowest BCUT2D eigenvalue weighted by Crippen LogP contribution is -2.30. The highest BCUT2D eigenvalue weighted by Gasteiger charge is 2.06. The van der Waals surface area contributed by atoms with Crippen LogP contribution >= 0.6 is 0 Å². The Morgan fingerprint density at radius 1 is 1.19 bits per heavy atom. The van der Waals surface area contributed by atoms with Gasteiger partial charge in [0.25, 0.3) is 15.7 Å². The molecule has 0 unspecified atom stereocenters. The molecule has 1 aromatic carbocycles. The van der Waals surface area contributed by atoms with Crippen LogP contribution in [0.1, 0.15) is 12.8 Å². The Kier molecular flexibility index (Phi) is 4.59. The van der Waals surface area contributed by atoms with E-state index in [2.05, 4.69) is 9.17 Å². The molecule has 0 atom stereocenters. The number of benzene rings is 1. The third-order valence-electron chi connectivity index (χ3n) is 2.98. The number of aromatic nitrogens is 2. The maximum atomic E-state index is 11.9. The minimum absolute atomic E-state index is 0.0782. The van der Waals surface area contributed by atoms with Crippen LogP contribution in [-0.2, 0) is 20.8 Å². The van der Waals surface area contributed by atoms with Gasteiger partial charge in [-0.15, -0.1) is 0 Å². The number of unbranched alkanes of at least 4 members (excludes halogenated alkanes) is 1. The van der Waals surface area contributed by atoms with Crippen LogP contribution in [0.3, 0.4) is 0 Å². The van der Waals surface area contributed by atoms with Crippen LogP contribution in [0.25, 0.3) is 10.9 Å². The summed E-state index contributed by atoms with van der Waals surface area (Å²) in [5.74, 6) is 0. The highest BCUT2D eigenvalue weighted by atomic mass is 32.2. The molecular formula is C13H16N2O5S. The topological polar surface area (TPSA) is 98.2 Å². The molecule has 1 aromatic heterocycles. The number of hydrogen-bond acceptors (Lipinski definition) is 5. The van der Waals surface area contributed by atoms with Crippen LogP contribution in [0.15, 0.2) is 33.9 Å². The van der Waals surface area contributed by atoms with Crippen molar-refractivity contribution in [2.75, 3.05) is 12.9 Å². The summed E-state index contributed by atoms with van der Waals surface area (Å²) in [6.07, 6.45) is 2.05. The Morgan fingerprint density at radius 2 is 1.90 bits per heavy atom. The van der Waals surface area contributed by atoms with Crippen molar-refractivity contribution in [1.29, 1.82) is 0 Å². The zero-order valence-corrected chi connectivity index (χ0v) is 12.4. The number of fused-ring (bicyclic) bond motifs is 1. The van der Waals surface area contributed by atoms with Crippen LogP contribution in [0.5, 0.6) is 0 Å². The van der Waals surface area contributed by atoms with Gasteiger partial charge < -0.3 is 0 Å². The third kappa shape index (κ3) is 4.02. The number of hydrogen-bond donors (Lipinski definition) is 1. The fourth-order valence-corrected chi connectivity index (χ4v) is 2.47. The van der Waals surface area contributed by atoms with Crippen molar-refractivity contribution in [3.05, 3.63) is 45.1 Å². The van der Waals surface area contributed by atoms with Gasteiger partial charge in [-0.2, -0.15) is 8.42 Å². The van der Waals surface area contributed by atoms with E-state index in [1.807, 2.05) is 0 Å². The van der Waals surface area contributed by atoms with Crippen molar-refractivity contribution in [3.63, 3.8) is 0 Å². The third-order valence-corrected chi connectivity index (χ3v) is 3.57. The van der Waals surface area contributed by atoms with Crippen LogP contribution in [0, 0.1) is 0 Å². The van der Waals surface area contributed by atoms with E-state index >= 15 is 0 Å². The molecule has 7 nitrogen and oxygen atoms in total. The average Bonchev–Trinajstić information content (AvgIpc) is 2.40. The Morgan fingerprint density at radius 3 is 2.62 bits per heavy atom. The number of rotatable bonds is 6. The van der Waals surface area contributed by atoms with E-state index in [4.69, 9.17) is 0 Å². The zero-order chi connectivity index (χ0) is 15.5. The first-order chi connectivity index (χ1) is 9.88. The van der Waals surface area contributed by atoms with Crippen molar-refractivity contribution in [2.45, 2.75) is 19.4 Å². The summed E-state index contributed by atoms with van der Waals surface area (Å²) in [5, 5.41) is 0.449. The molecule has 0 amide bonds. The van der Waals surface area contributed by atoms with Gasteiger partial charge >= 0.3 is 5.69 Å². The minimum atomic E-state index is -3.43. The Bertz CT molecular complexity index is 851. The average molecular weight is 312 g/mol. The first-order valence-corrected chi connectivity index (χ1v) is 8.26. The summed E-state index contributed by atoms with van der Waals surface area (Å²) in [6, 6.07) is 6.84. The van der Waals surface area contributed by atoms with E-state index in [-0.39, 0.29) is 6.61 Å². The molecule has 1 heterocycles. The lowest BCUT2D eigenvalue weighted by atomic mass is 10.2. The molecule has 21 heavy (non-hydrogen) atoms. The van der Waals surface area contributed by atoms with E-state index in [1.54, 1.807) is 24.3 Å². The van der Waals surface area contributed by atoms with Crippen molar-refractivity contribution in [2.24, 2.45) is 0 Å². The second-order valence-corrected chi connectivity index (χ2v) is 6.31. The van der Waals surface area contributed by atoms with Crippen LogP contribution in [0.2, 0.25) is 0 Å². The van der Waals surface area contributed by atoms with Gasteiger partial charge in [-0.25, -0.2) is 4.79 Å². The fraction of sp³-hybridized carbons (Fsp3) is 0.385. The van der Waals surface area contributed by atoms with E-state index in [0.29, 0.717) is 30.3 Å². The van der Waals surface area contributed by atoms with Gasteiger partial charge in [-0.3, -0.25) is 18.5 Å². The summed E-state index contributed by atoms with van der Waals surface area (Å²) in [6.45, 7) is 0.456. The van der Waals surface area contributed by atoms with Gasteiger partial charge in [-0.05, 0) is 25.0 Å². The highest BCUT2D eigenvalue weighted by molar-refractivity contribution is 7.85. The predicted molar refractivity (Wildman–Crippen MR) is 78.9 cm³/mol. The minimum Gasteiger partial charge on any atom is -0.293 e. The molecule has 0 aliphatic rings. The zero-order valence-electron chi connectivity index (χ0n) is 11.5. The lowest BCUT2D eigenvalue weighted by Gasteiger charge is -2.09. The molecule has 0 aliphatic carbocycles. The molecule has 2 rings (SSSR count). The smallest absolute Gasteiger partial charge is 0.293 e. The lowest BCUT2D eigenvalue weighted by molar-refractivity contribution is 0.308. The molecule has 0 radical (unpaired) electrons. The van der Waals surface area contributed by atoms with Crippen molar-refractivity contribution in [1.82, 2.24) is 9.55 Å². The van der Waals surface area contributed by atoms with Crippen molar-refractivity contribution >= 4 is 21.0 Å². The largest absolute Gasteiger partial charge is 0.328 e. The molecule has 0 saturated carbocycles. The highest BCUT2D eigenvalue weighted by Crippen LogP contribution is 2.07. The van der Waals surface area contributed by atoms with Gasteiger partial charge in [0.05, 0.1) is 23.8 Å². The summed E-state index contributed by atoms with van der Waals surface area (Å²) in [5.41, 5.74) is -0.315. The number of H-pyrrole nitrogens is 1. The predicted octanol–water partition coefficient (Wildman–Crippen LogP) is 0.446. The maximum Gasteiger partial charge on any atom is 0.328 e. The van der Waals surface area contributed by atoms with E-state index in [1.165, 1.54) is 4.57 Å². The number of para-hydroxylation sites is 1. The Balaban J connectivity index is 2.12. The van der Waals surface area contributed by atoms with Crippen molar-refractivity contribution in [3.8, 4) is 0 Å². The SMILES string of the molecule is CS(=O)(=O)OCCCCn1c(=O)[nH]c(=O)c2ccccc21.